The zero-order valence-electron chi connectivity index (χ0n) is 10.3. The van der Waals surface area contributed by atoms with Crippen molar-refractivity contribution in [2.75, 3.05) is 13.1 Å². The molecule has 1 aromatic rings. The molecular formula is C14H20N2O. The lowest BCUT2D eigenvalue weighted by molar-refractivity contribution is 0.212. The summed E-state index contributed by atoms with van der Waals surface area (Å²) < 4.78 is 5.38. The van der Waals surface area contributed by atoms with Gasteiger partial charge in [-0.1, -0.05) is 12.8 Å². The van der Waals surface area contributed by atoms with Crippen molar-refractivity contribution in [1.29, 1.82) is 5.26 Å². The highest BCUT2D eigenvalue weighted by Gasteiger charge is 2.19. The van der Waals surface area contributed by atoms with Crippen LogP contribution in [0.1, 0.15) is 37.9 Å². The van der Waals surface area contributed by atoms with E-state index in [0.717, 1.165) is 31.3 Å². The molecule has 92 valence electrons. The molecule has 1 aromatic heterocycles. The minimum Gasteiger partial charge on any atom is -0.468 e. The first-order chi connectivity index (χ1) is 8.38. The zero-order valence-corrected chi connectivity index (χ0v) is 10.3. The van der Waals surface area contributed by atoms with Crippen LogP contribution < -0.4 is 0 Å². The highest BCUT2D eigenvalue weighted by atomic mass is 16.3. The summed E-state index contributed by atoms with van der Waals surface area (Å²) in [7, 11) is 0. The van der Waals surface area contributed by atoms with Gasteiger partial charge in [0.05, 0.1) is 18.9 Å². The average molecular weight is 232 g/mol. The lowest BCUT2D eigenvalue weighted by atomic mass is 10.1. The van der Waals surface area contributed by atoms with E-state index in [1.54, 1.807) is 6.26 Å². The Balaban J connectivity index is 1.85. The van der Waals surface area contributed by atoms with Gasteiger partial charge >= 0.3 is 0 Å². The molecule has 3 heteroatoms. The lowest BCUT2D eigenvalue weighted by Gasteiger charge is -2.23. The quantitative estimate of drug-likeness (QED) is 0.756. The molecule has 0 aromatic carbocycles. The second-order valence-corrected chi connectivity index (χ2v) is 4.87. The number of nitrogens with zero attached hydrogens (tertiary/aromatic N) is 2. The van der Waals surface area contributed by atoms with Gasteiger partial charge in [-0.15, -0.1) is 0 Å². The standard InChI is InChI=1S/C14H20N2O/c15-8-4-9-16(11-13-5-1-2-6-13)12-14-7-3-10-17-14/h3,7,10,13H,1-2,4-6,9,11-12H2. The summed E-state index contributed by atoms with van der Waals surface area (Å²) in [5, 5.41) is 8.70. The fourth-order valence-corrected chi connectivity index (χ4v) is 2.62. The van der Waals surface area contributed by atoms with Gasteiger partial charge < -0.3 is 4.42 Å². The van der Waals surface area contributed by atoms with Gasteiger partial charge in [0, 0.05) is 19.5 Å². The van der Waals surface area contributed by atoms with Crippen LogP contribution in [0.5, 0.6) is 0 Å². The highest BCUT2D eigenvalue weighted by Crippen LogP contribution is 2.26. The summed E-state index contributed by atoms with van der Waals surface area (Å²) in [6.07, 6.45) is 7.76. The Morgan fingerprint density at radius 1 is 1.41 bits per heavy atom. The van der Waals surface area contributed by atoms with E-state index in [2.05, 4.69) is 11.0 Å². The smallest absolute Gasteiger partial charge is 0.117 e. The summed E-state index contributed by atoms with van der Waals surface area (Å²) in [6.45, 7) is 2.81. The van der Waals surface area contributed by atoms with Crippen LogP contribution in [0.15, 0.2) is 22.8 Å². The van der Waals surface area contributed by atoms with Crippen molar-refractivity contribution >= 4 is 0 Å². The minimum absolute atomic E-state index is 0.605. The molecule has 0 aliphatic heterocycles. The predicted molar refractivity (Wildman–Crippen MR) is 66.2 cm³/mol. The van der Waals surface area contributed by atoms with E-state index in [1.807, 2.05) is 12.1 Å². The summed E-state index contributed by atoms with van der Waals surface area (Å²) in [5.41, 5.74) is 0. The fourth-order valence-electron chi connectivity index (χ4n) is 2.62. The molecule has 0 spiro atoms. The summed E-state index contributed by atoms with van der Waals surface area (Å²) in [6, 6.07) is 6.16. The molecule has 1 aliphatic carbocycles. The SMILES string of the molecule is N#CCCN(Cc1ccco1)CC1CCCC1. The third-order valence-corrected chi connectivity index (χ3v) is 3.49. The van der Waals surface area contributed by atoms with Crippen LogP contribution in [-0.4, -0.2) is 18.0 Å². The molecule has 1 saturated carbocycles. The largest absolute Gasteiger partial charge is 0.468 e. The lowest BCUT2D eigenvalue weighted by Crippen LogP contribution is -2.29. The van der Waals surface area contributed by atoms with Crippen molar-refractivity contribution in [2.24, 2.45) is 5.92 Å². The Morgan fingerprint density at radius 3 is 2.88 bits per heavy atom. The maximum absolute atomic E-state index is 8.70. The third-order valence-electron chi connectivity index (χ3n) is 3.49. The average Bonchev–Trinajstić information content (AvgIpc) is 2.99. The van der Waals surface area contributed by atoms with Gasteiger partial charge in [-0.05, 0) is 30.9 Å². The van der Waals surface area contributed by atoms with Crippen molar-refractivity contribution in [1.82, 2.24) is 4.90 Å². The third kappa shape index (κ3) is 3.90. The Labute approximate surface area is 103 Å². The van der Waals surface area contributed by atoms with Crippen molar-refractivity contribution in [2.45, 2.75) is 38.6 Å². The molecule has 2 rings (SSSR count). The van der Waals surface area contributed by atoms with Gasteiger partial charge in [0.2, 0.25) is 0 Å². The summed E-state index contributed by atoms with van der Waals surface area (Å²) >= 11 is 0. The topological polar surface area (TPSA) is 40.2 Å². The van der Waals surface area contributed by atoms with E-state index >= 15 is 0 Å². The van der Waals surface area contributed by atoms with E-state index < -0.39 is 0 Å². The maximum atomic E-state index is 8.70. The van der Waals surface area contributed by atoms with Crippen LogP contribution in [0.2, 0.25) is 0 Å². The first kappa shape index (κ1) is 12.2. The van der Waals surface area contributed by atoms with E-state index in [0.29, 0.717) is 6.42 Å². The van der Waals surface area contributed by atoms with Crippen LogP contribution in [0.4, 0.5) is 0 Å². The molecular weight excluding hydrogens is 212 g/mol. The first-order valence-electron chi connectivity index (χ1n) is 6.50. The van der Waals surface area contributed by atoms with Crippen molar-refractivity contribution in [3.8, 4) is 6.07 Å². The number of nitriles is 1. The van der Waals surface area contributed by atoms with Gasteiger partial charge in [-0.2, -0.15) is 5.26 Å². The Morgan fingerprint density at radius 2 is 2.24 bits per heavy atom. The molecule has 0 unspecified atom stereocenters. The summed E-state index contributed by atoms with van der Waals surface area (Å²) in [4.78, 5) is 2.36. The van der Waals surface area contributed by atoms with Crippen LogP contribution >= 0.6 is 0 Å². The number of rotatable bonds is 6. The number of furan rings is 1. The van der Waals surface area contributed by atoms with Gasteiger partial charge in [0.15, 0.2) is 0 Å². The predicted octanol–water partition coefficient (Wildman–Crippen LogP) is 3.19. The molecule has 3 nitrogen and oxygen atoms in total. The van der Waals surface area contributed by atoms with E-state index in [9.17, 15) is 0 Å². The van der Waals surface area contributed by atoms with Gasteiger partial charge in [0.1, 0.15) is 5.76 Å². The minimum atomic E-state index is 0.605. The maximum Gasteiger partial charge on any atom is 0.117 e. The van der Waals surface area contributed by atoms with Gasteiger partial charge in [-0.3, -0.25) is 4.90 Å². The Kier molecular flexibility index (Phi) is 4.63. The molecule has 0 radical (unpaired) electrons. The van der Waals surface area contributed by atoms with Crippen LogP contribution in [0.3, 0.4) is 0 Å². The van der Waals surface area contributed by atoms with Crippen LogP contribution in [0, 0.1) is 17.2 Å². The second kappa shape index (κ2) is 6.46. The molecule has 0 amide bonds. The molecule has 0 saturated heterocycles. The zero-order chi connectivity index (χ0) is 11.9. The fraction of sp³-hybridized carbons (Fsp3) is 0.643. The van der Waals surface area contributed by atoms with E-state index in [1.165, 1.54) is 25.7 Å². The summed E-state index contributed by atoms with van der Waals surface area (Å²) in [5.74, 6) is 1.82. The molecule has 1 heterocycles. The van der Waals surface area contributed by atoms with Gasteiger partial charge in [0.25, 0.3) is 0 Å². The van der Waals surface area contributed by atoms with E-state index in [4.69, 9.17) is 9.68 Å². The van der Waals surface area contributed by atoms with Crippen LogP contribution in [-0.2, 0) is 6.54 Å². The highest BCUT2D eigenvalue weighted by molar-refractivity contribution is 4.98. The number of hydrogen-bond acceptors (Lipinski definition) is 3. The Bertz CT molecular complexity index is 347. The molecule has 17 heavy (non-hydrogen) atoms. The molecule has 0 bridgehead atoms. The molecule has 0 atom stereocenters. The molecule has 1 aliphatic rings. The number of hydrogen-bond donors (Lipinski definition) is 0. The molecule has 0 N–H and O–H groups in total. The van der Waals surface area contributed by atoms with Crippen molar-refractivity contribution in [3.63, 3.8) is 0 Å². The van der Waals surface area contributed by atoms with E-state index in [-0.39, 0.29) is 0 Å². The van der Waals surface area contributed by atoms with Crippen LogP contribution in [0.25, 0.3) is 0 Å². The van der Waals surface area contributed by atoms with Crippen molar-refractivity contribution in [3.05, 3.63) is 24.2 Å². The second-order valence-electron chi connectivity index (χ2n) is 4.87. The van der Waals surface area contributed by atoms with Crippen molar-refractivity contribution < 1.29 is 4.42 Å². The molecule has 1 fully saturated rings. The van der Waals surface area contributed by atoms with Gasteiger partial charge in [-0.25, -0.2) is 0 Å². The first-order valence-corrected chi connectivity index (χ1v) is 6.50. The monoisotopic (exact) mass is 232 g/mol. The normalized spacial score (nSPS) is 16.5. The Hall–Kier alpha value is -1.27.